The molecule has 0 fully saturated rings. The molecule has 6 heteroatoms. The second-order valence-corrected chi connectivity index (χ2v) is 4.09. The SMILES string of the molecule is C=C(C)C(=O)OC(CC)(CC(=O)Cl)C(=O)Cl. The van der Waals surface area contributed by atoms with Gasteiger partial charge in [0.05, 0.1) is 6.42 Å². The molecule has 90 valence electrons. The molecule has 0 radical (unpaired) electrons. The van der Waals surface area contributed by atoms with Gasteiger partial charge < -0.3 is 4.74 Å². The van der Waals surface area contributed by atoms with Gasteiger partial charge in [0.15, 0.2) is 5.60 Å². The van der Waals surface area contributed by atoms with Crippen LogP contribution in [0.4, 0.5) is 0 Å². The van der Waals surface area contributed by atoms with Gasteiger partial charge in [-0.2, -0.15) is 0 Å². The van der Waals surface area contributed by atoms with E-state index >= 15 is 0 Å². The molecule has 0 bridgehead atoms. The van der Waals surface area contributed by atoms with Crippen LogP contribution in [0.1, 0.15) is 26.7 Å². The Morgan fingerprint density at radius 1 is 1.31 bits per heavy atom. The smallest absolute Gasteiger partial charge is 0.334 e. The summed E-state index contributed by atoms with van der Waals surface area (Å²) in [7, 11) is 0. The zero-order valence-electron chi connectivity index (χ0n) is 9.01. The summed E-state index contributed by atoms with van der Waals surface area (Å²) in [5.74, 6) is -0.784. The van der Waals surface area contributed by atoms with Crippen LogP contribution in [0.2, 0.25) is 0 Å². The van der Waals surface area contributed by atoms with E-state index in [0.717, 1.165) is 0 Å². The van der Waals surface area contributed by atoms with Gasteiger partial charge in [-0.1, -0.05) is 13.5 Å². The Hall–Kier alpha value is -0.870. The highest BCUT2D eigenvalue weighted by molar-refractivity contribution is 6.67. The number of ether oxygens (including phenoxy) is 1. The topological polar surface area (TPSA) is 60.4 Å². The van der Waals surface area contributed by atoms with Gasteiger partial charge in [-0.25, -0.2) is 4.79 Å². The minimum atomic E-state index is -1.70. The standard InChI is InChI=1S/C10H12Cl2O4/c1-4-10(9(12)15,5-7(11)13)16-8(14)6(2)3/h2,4-5H2,1,3H3. The molecule has 0 aliphatic rings. The van der Waals surface area contributed by atoms with Crippen molar-refractivity contribution >= 4 is 39.7 Å². The highest BCUT2D eigenvalue weighted by Crippen LogP contribution is 2.26. The van der Waals surface area contributed by atoms with Crippen molar-refractivity contribution in [2.75, 3.05) is 0 Å². The van der Waals surface area contributed by atoms with Gasteiger partial charge in [0, 0.05) is 5.57 Å². The highest BCUT2D eigenvalue weighted by Gasteiger charge is 2.41. The first kappa shape index (κ1) is 15.1. The van der Waals surface area contributed by atoms with E-state index < -0.39 is 28.5 Å². The van der Waals surface area contributed by atoms with E-state index in [4.69, 9.17) is 27.9 Å². The average Bonchev–Trinajstić information content (AvgIpc) is 2.15. The van der Waals surface area contributed by atoms with Crippen LogP contribution in [-0.2, 0) is 19.1 Å². The minimum Gasteiger partial charge on any atom is -0.446 e. The first-order valence-corrected chi connectivity index (χ1v) is 5.28. The van der Waals surface area contributed by atoms with Gasteiger partial charge >= 0.3 is 5.97 Å². The lowest BCUT2D eigenvalue weighted by molar-refractivity contribution is -0.162. The van der Waals surface area contributed by atoms with Crippen LogP contribution in [0.5, 0.6) is 0 Å². The van der Waals surface area contributed by atoms with Gasteiger partial charge in [-0.05, 0) is 36.5 Å². The largest absolute Gasteiger partial charge is 0.446 e. The highest BCUT2D eigenvalue weighted by atomic mass is 35.5. The van der Waals surface area contributed by atoms with Crippen molar-refractivity contribution in [3.63, 3.8) is 0 Å². The maximum atomic E-state index is 11.3. The van der Waals surface area contributed by atoms with E-state index in [1.165, 1.54) is 6.92 Å². The molecule has 0 aromatic carbocycles. The maximum Gasteiger partial charge on any atom is 0.334 e. The lowest BCUT2D eigenvalue weighted by atomic mass is 9.98. The molecular formula is C10H12Cl2O4. The van der Waals surface area contributed by atoms with Crippen molar-refractivity contribution in [2.24, 2.45) is 0 Å². The first-order chi connectivity index (χ1) is 7.25. The van der Waals surface area contributed by atoms with Crippen LogP contribution in [0, 0.1) is 0 Å². The predicted molar refractivity (Wildman–Crippen MR) is 60.3 cm³/mol. The Morgan fingerprint density at radius 2 is 1.81 bits per heavy atom. The lowest BCUT2D eigenvalue weighted by Crippen LogP contribution is -2.42. The van der Waals surface area contributed by atoms with Gasteiger partial charge in [0.25, 0.3) is 5.24 Å². The molecular weight excluding hydrogens is 255 g/mol. The number of hydrogen-bond acceptors (Lipinski definition) is 4. The van der Waals surface area contributed by atoms with Crippen LogP contribution < -0.4 is 0 Å². The maximum absolute atomic E-state index is 11.3. The molecule has 0 rings (SSSR count). The molecule has 0 N–H and O–H groups in total. The molecule has 4 nitrogen and oxygen atoms in total. The van der Waals surface area contributed by atoms with Crippen molar-refractivity contribution in [1.82, 2.24) is 0 Å². The van der Waals surface area contributed by atoms with Gasteiger partial charge in [0.1, 0.15) is 0 Å². The van der Waals surface area contributed by atoms with Crippen LogP contribution in [0.15, 0.2) is 12.2 Å². The summed E-state index contributed by atoms with van der Waals surface area (Å²) in [6.45, 7) is 6.35. The Morgan fingerprint density at radius 3 is 2.06 bits per heavy atom. The molecule has 0 aromatic rings. The number of rotatable bonds is 6. The zero-order valence-corrected chi connectivity index (χ0v) is 10.5. The van der Waals surface area contributed by atoms with Gasteiger partial charge in [0.2, 0.25) is 5.24 Å². The van der Waals surface area contributed by atoms with Crippen molar-refractivity contribution in [3.05, 3.63) is 12.2 Å². The van der Waals surface area contributed by atoms with E-state index in [9.17, 15) is 14.4 Å². The third-order valence-electron chi connectivity index (χ3n) is 1.99. The molecule has 0 saturated heterocycles. The predicted octanol–water partition coefficient (Wildman–Crippen LogP) is 2.18. The molecule has 16 heavy (non-hydrogen) atoms. The number of halogens is 2. The summed E-state index contributed by atoms with van der Waals surface area (Å²) in [6, 6.07) is 0. The fraction of sp³-hybridized carbons (Fsp3) is 0.500. The van der Waals surface area contributed by atoms with Crippen molar-refractivity contribution in [2.45, 2.75) is 32.3 Å². The quantitative estimate of drug-likeness (QED) is 0.420. The molecule has 0 amide bonds. The third kappa shape index (κ3) is 3.94. The second kappa shape index (κ2) is 6.01. The normalized spacial score (nSPS) is 13.8. The van der Waals surface area contributed by atoms with Gasteiger partial charge in [-0.3, -0.25) is 9.59 Å². The summed E-state index contributed by atoms with van der Waals surface area (Å²) < 4.78 is 4.90. The summed E-state index contributed by atoms with van der Waals surface area (Å²) in [5.41, 5.74) is -1.59. The second-order valence-electron chi connectivity index (χ2n) is 3.32. The Labute approximate surface area is 104 Å². The van der Waals surface area contributed by atoms with E-state index in [2.05, 4.69) is 6.58 Å². The molecule has 1 unspecified atom stereocenters. The van der Waals surface area contributed by atoms with Gasteiger partial charge in [-0.15, -0.1) is 0 Å². The monoisotopic (exact) mass is 266 g/mol. The molecule has 1 atom stereocenters. The van der Waals surface area contributed by atoms with E-state index in [1.54, 1.807) is 6.92 Å². The fourth-order valence-corrected chi connectivity index (χ4v) is 1.43. The Kier molecular flexibility index (Phi) is 5.68. The number of carbonyl (C=O) groups is 3. The number of carbonyl (C=O) groups excluding carboxylic acids is 3. The fourth-order valence-electron chi connectivity index (χ4n) is 0.971. The van der Waals surface area contributed by atoms with Crippen LogP contribution in [-0.4, -0.2) is 22.1 Å². The van der Waals surface area contributed by atoms with Crippen LogP contribution in [0.3, 0.4) is 0 Å². The first-order valence-electron chi connectivity index (χ1n) is 4.52. The molecule has 0 saturated carbocycles. The minimum absolute atomic E-state index is 0.0623. The Balaban J connectivity index is 5.05. The summed E-state index contributed by atoms with van der Waals surface area (Å²) in [5, 5.41) is -1.73. The molecule has 0 spiro atoms. The molecule has 0 aliphatic carbocycles. The molecule has 0 heterocycles. The number of hydrogen-bond donors (Lipinski definition) is 0. The van der Waals surface area contributed by atoms with Crippen molar-refractivity contribution in [3.8, 4) is 0 Å². The lowest BCUT2D eigenvalue weighted by Gasteiger charge is -2.27. The average molecular weight is 267 g/mol. The van der Waals surface area contributed by atoms with Crippen LogP contribution in [0.25, 0.3) is 0 Å². The van der Waals surface area contributed by atoms with Crippen molar-refractivity contribution < 1.29 is 19.1 Å². The summed E-state index contributed by atoms with van der Waals surface area (Å²) >= 11 is 10.5. The number of esters is 1. The summed E-state index contributed by atoms with van der Waals surface area (Å²) in [6.07, 6.45) is -0.390. The zero-order chi connectivity index (χ0) is 12.9. The third-order valence-corrected chi connectivity index (χ3v) is 2.47. The van der Waals surface area contributed by atoms with E-state index in [1.807, 2.05) is 0 Å². The summed E-state index contributed by atoms with van der Waals surface area (Å²) in [4.78, 5) is 33.4. The Bertz CT molecular complexity index is 338. The van der Waals surface area contributed by atoms with Crippen LogP contribution >= 0.6 is 23.2 Å². The van der Waals surface area contributed by atoms with Crippen molar-refractivity contribution in [1.29, 1.82) is 0 Å². The van der Waals surface area contributed by atoms with E-state index in [-0.39, 0.29) is 12.0 Å². The van der Waals surface area contributed by atoms with E-state index in [0.29, 0.717) is 0 Å². The molecule has 0 aliphatic heterocycles. The molecule has 0 aromatic heterocycles.